The van der Waals surface area contributed by atoms with Crippen molar-refractivity contribution in [1.82, 2.24) is 5.43 Å². The van der Waals surface area contributed by atoms with Crippen LogP contribution in [-0.2, 0) is 4.79 Å². The van der Waals surface area contributed by atoms with Crippen LogP contribution in [0.15, 0.2) is 60.2 Å². The van der Waals surface area contributed by atoms with Crippen molar-refractivity contribution >= 4 is 23.7 Å². The Hall–Kier alpha value is -2.99. The lowest BCUT2D eigenvalue weighted by Gasteiger charge is -2.09. The Labute approximate surface area is 157 Å². The third-order valence-corrected chi connectivity index (χ3v) is 3.38. The first kappa shape index (κ1) is 19.3. The van der Waals surface area contributed by atoms with Crippen LogP contribution in [0.3, 0.4) is 0 Å². The number of hydrazone groups is 1. The normalized spacial score (nSPS) is 10.4. The molecule has 26 heavy (non-hydrogen) atoms. The zero-order valence-electron chi connectivity index (χ0n) is 14.3. The van der Waals surface area contributed by atoms with E-state index in [1.54, 1.807) is 55.7 Å². The summed E-state index contributed by atoms with van der Waals surface area (Å²) in [6, 6.07) is 12.0. The van der Waals surface area contributed by atoms with Crippen LogP contribution in [0.25, 0.3) is 0 Å². The average molecular weight is 375 g/mol. The Morgan fingerprint density at radius 2 is 1.96 bits per heavy atom. The van der Waals surface area contributed by atoms with Crippen molar-refractivity contribution in [2.45, 2.75) is 0 Å². The first-order valence-electron chi connectivity index (χ1n) is 7.74. The molecule has 0 atom stereocenters. The Morgan fingerprint density at radius 1 is 1.19 bits per heavy atom. The van der Waals surface area contributed by atoms with E-state index in [9.17, 15) is 4.79 Å². The third kappa shape index (κ3) is 6.14. The molecular weight excluding hydrogens is 356 g/mol. The zero-order valence-corrected chi connectivity index (χ0v) is 15.0. The van der Waals surface area contributed by atoms with Crippen molar-refractivity contribution in [3.63, 3.8) is 0 Å². The molecule has 0 aliphatic carbocycles. The average Bonchev–Trinajstić information content (AvgIpc) is 2.66. The van der Waals surface area contributed by atoms with E-state index < -0.39 is 0 Å². The van der Waals surface area contributed by atoms with Crippen LogP contribution < -0.4 is 19.6 Å². The maximum atomic E-state index is 11.7. The molecule has 0 bridgehead atoms. The number of carbonyl (C=O) groups excluding carboxylic acids is 1. The zero-order chi connectivity index (χ0) is 18.8. The number of nitrogens with one attached hydrogen (secondary N) is 1. The predicted octanol–water partition coefficient (Wildman–Crippen LogP) is 3.44. The number of carbonyl (C=O) groups is 1. The number of methoxy groups -OCH3 is 1. The van der Waals surface area contributed by atoms with E-state index in [4.69, 9.17) is 25.8 Å². The first-order valence-corrected chi connectivity index (χ1v) is 8.12. The molecule has 2 aromatic rings. The van der Waals surface area contributed by atoms with Gasteiger partial charge >= 0.3 is 0 Å². The van der Waals surface area contributed by atoms with Crippen molar-refractivity contribution in [3.05, 3.63) is 65.7 Å². The molecule has 2 aromatic carbocycles. The molecule has 0 unspecified atom stereocenters. The molecule has 0 aromatic heterocycles. The van der Waals surface area contributed by atoms with Gasteiger partial charge < -0.3 is 14.2 Å². The molecule has 0 fully saturated rings. The Morgan fingerprint density at radius 3 is 2.65 bits per heavy atom. The highest BCUT2D eigenvalue weighted by molar-refractivity contribution is 6.30. The Balaban J connectivity index is 1.85. The monoisotopic (exact) mass is 374 g/mol. The predicted molar refractivity (Wildman–Crippen MR) is 101 cm³/mol. The van der Waals surface area contributed by atoms with Gasteiger partial charge in [-0.15, -0.1) is 0 Å². The van der Waals surface area contributed by atoms with Gasteiger partial charge in [0, 0.05) is 5.02 Å². The summed E-state index contributed by atoms with van der Waals surface area (Å²) in [5, 5.41) is 4.50. The molecule has 1 amide bonds. The van der Waals surface area contributed by atoms with Crippen molar-refractivity contribution in [1.29, 1.82) is 0 Å². The topological polar surface area (TPSA) is 69.2 Å². The summed E-state index contributed by atoms with van der Waals surface area (Å²) in [6.07, 6.45) is 3.15. The Bertz CT molecular complexity index is 776. The highest BCUT2D eigenvalue weighted by Gasteiger charge is 2.05. The lowest BCUT2D eigenvalue weighted by Crippen LogP contribution is -2.24. The molecule has 1 N–H and O–H groups in total. The smallest absolute Gasteiger partial charge is 0.277 e. The number of hydrogen-bond donors (Lipinski definition) is 1. The van der Waals surface area contributed by atoms with Crippen LogP contribution in [0, 0.1) is 0 Å². The fraction of sp³-hybridized carbons (Fsp3) is 0.158. The summed E-state index contributed by atoms with van der Waals surface area (Å²) < 4.78 is 16.1. The number of nitrogens with zero attached hydrogens (tertiary/aromatic N) is 1. The highest BCUT2D eigenvalue weighted by Crippen LogP contribution is 2.27. The van der Waals surface area contributed by atoms with E-state index in [-0.39, 0.29) is 12.5 Å². The first-order chi connectivity index (χ1) is 12.6. The fourth-order valence-corrected chi connectivity index (χ4v) is 2.05. The second-order valence-corrected chi connectivity index (χ2v) is 5.48. The minimum absolute atomic E-state index is 0.156. The van der Waals surface area contributed by atoms with Crippen LogP contribution in [0.5, 0.6) is 17.2 Å². The van der Waals surface area contributed by atoms with Crippen LogP contribution in [0.1, 0.15) is 5.56 Å². The van der Waals surface area contributed by atoms with Gasteiger partial charge in [-0.05, 0) is 48.0 Å². The van der Waals surface area contributed by atoms with Gasteiger partial charge in [-0.3, -0.25) is 4.79 Å². The van der Waals surface area contributed by atoms with Crippen molar-refractivity contribution in [3.8, 4) is 17.2 Å². The largest absolute Gasteiger partial charge is 0.493 e. The number of ether oxygens (including phenoxy) is 3. The lowest BCUT2D eigenvalue weighted by atomic mass is 10.2. The molecule has 0 aliphatic rings. The standard InChI is InChI=1S/C19H19ClN2O4/c1-3-10-25-17-9-4-14(11-18(17)24-2)12-21-22-19(23)13-26-16-7-5-15(20)6-8-16/h3-9,11-12H,1,10,13H2,2H3,(H,22,23)/b21-12-. The number of amides is 1. The quantitative estimate of drug-likeness (QED) is 0.414. The van der Waals surface area contributed by atoms with Gasteiger partial charge in [-0.25, -0.2) is 5.43 Å². The van der Waals surface area contributed by atoms with Gasteiger partial charge in [0.15, 0.2) is 18.1 Å². The molecule has 0 spiro atoms. The SMILES string of the molecule is C=CCOc1ccc(/C=N\NC(=O)COc2ccc(Cl)cc2)cc1OC. The van der Waals surface area contributed by atoms with Crippen LogP contribution in [0.4, 0.5) is 0 Å². The number of rotatable bonds is 9. The van der Waals surface area contributed by atoms with Gasteiger partial charge in [0.1, 0.15) is 12.4 Å². The maximum absolute atomic E-state index is 11.7. The highest BCUT2D eigenvalue weighted by atomic mass is 35.5. The molecule has 0 saturated heterocycles. The van der Waals surface area contributed by atoms with Crippen LogP contribution >= 0.6 is 11.6 Å². The molecule has 0 saturated carbocycles. The maximum Gasteiger partial charge on any atom is 0.277 e. The van der Waals surface area contributed by atoms with Gasteiger partial charge in [0.2, 0.25) is 0 Å². The van der Waals surface area contributed by atoms with E-state index in [0.717, 1.165) is 5.56 Å². The lowest BCUT2D eigenvalue weighted by molar-refractivity contribution is -0.123. The van der Waals surface area contributed by atoms with Gasteiger partial charge in [-0.1, -0.05) is 24.3 Å². The van der Waals surface area contributed by atoms with E-state index in [0.29, 0.717) is 28.9 Å². The van der Waals surface area contributed by atoms with Gasteiger partial charge in [0.25, 0.3) is 5.91 Å². The van der Waals surface area contributed by atoms with Gasteiger partial charge in [-0.2, -0.15) is 5.10 Å². The third-order valence-electron chi connectivity index (χ3n) is 3.13. The minimum atomic E-state index is -0.380. The summed E-state index contributed by atoms with van der Waals surface area (Å²) in [5.74, 6) is 1.33. The molecule has 0 radical (unpaired) electrons. The minimum Gasteiger partial charge on any atom is -0.493 e. The van der Waals surface area contributed by atoms with E-state index in [1.165, 1.54) is 6.21 Å². The number of halogens is 1. The molecule has 136 valence electrons. The molecule has 0 aliphatic heterocycles. The summed E-state index contributed by atoms with van der Waals surface area (Å²) in [4.78, 5) is 11.7. The molecule has 0 heterocycles. The van der Waals surface area contributed by atoms with Crippen LogP contribution in [-0.4, -0.2) is 32.4 Å². The van der Waals surface area contributed by atoms with E-state index in [2.05, 4.69) is 17.1 Å². The van der Waals surface area contributed by atoms with Gasteiger partial charge in [0.05, 0.1) is 13.3 Å². The second kappa shape index (κ2) is 10.1. The number of hydrogen-bond acceptors (Lipinski definition) is 5. The summed E-state index contributed by atoms with van der Waals surface area (Å²) in [5.41, 5.74) is 3.14. The molecule has 6 nitrogen and oxygen atoms in total. The van der Waals surface area contributed by atoms with Crippen molar-refractivity contribution < 1.29 is 19.0 Å². The Kier molecular flexibility index (Phi) is 7.51. The van der Waals surface area contributed by atoms with E-state index >= 15 is 0 Å². The molecular formula is C19H19ClN2O4. The fourth-order valence-electron chi connectivity index (χ4n) is 1.92. The molecule has 2 rings (SSSR count). The summed E-state index contributed by atoms with van der Waals surface area (Å²) in [7, 11) is 1.55. The molecule has 7 heteroatoms. The number of benzene rings is 2. The van der Waals surface area contributed by atoms with Crippen LogP contribution in [0.2, 0.25) is 5.02 Å². The second-order valence-electron chi connectivity index (χ2n) is 5.05. The van der Waals surface area contributed by atoms with Crippen molar-refractivity contribution in [2.75, 3.05) is 20.3 Å². The van der Waals surface area contributed by atoms with E-state index in [1.807, 2.05) is 0 Å². The summed E-state index contributed by atoms with van der Waals surface area (Å²) in [6.45, 7) is 3.83. The van der Waals surface area contributed by atoms with Crippen molar-refractivity contribution in [2.24, 2.45) is 5.10 Å². The summed E-state index contributed by atoms with van der Waals surface area (Å²) >= 11 is 5.78.